The molecular weight excluding hydrogens is 360 g/mol. The van der Waals surface area contributed by atoms with Crippen molar-refractivity contribution < 1.29 is 14.3 Å². The number of fused-ring (bicyclic) bond motifs is 1. The average molecular weight is 389 g/mol. The Hall–Kier alpha value is -1.66. The Labute approximate surface area is 164 Å². The molecule has 2 heterocycles. The van der Waals surface area contributed by atoms with E-state index in [1.165, 1.54) is 0 Å². The molecule has 2 aliphatic carbocycles. The topological polar surface area (TPSA) is 58.6 Å². The number of ether oxygens (including phenoxy) is 1. The van der Waals surface area contributed by atoms with Crippen molar-refractivity contribution in [3.63, 3.8) is 0 Å². The zero-order valence-electron chi connectivity index (χ0n) is 15.8. The Bertz CT molecular complexity index is 694. The first-order chi connectivity index (χ1) is 13.1. The molecule has 27 heavy (non-hydrogen) atoms. The fraction of sp³-hybridized carbons (Fsp3) is 0.619. The first kappa shape index (κ1) is 18.7. The number of amides is 2. The Morgan fingerprint density at radius 3 is 2.63 bits per heavy atom. The second kappa shape index (κ2) is 8.15. The van der Waals surface area contributed by atoms with E-state index in [0.717, 1.165) is 44.3 Å². The molecule has 2 amide bonds. The lowest BCUT2D eigenvalue weighted by atomic mass is 9.77. The van der Waals surface area contributed by atoms with Crippen molar-refractivity contribution in [2.24, 2.45) is 17.8 Å². The highest BCUT2D eigenvalue weighted by molar-refractivity contribution is 7.08. The molecule has 1 aliphatic heterocycles. The fourth-order valence-electron chi connectivity index (χ4n) is 4.92. The maximum Gasteiger partial charge on any atom is 0.226 e. The van der Waals surface area contributed by atoms with Gasteiger partial charge in [0.05, 0.1) is 18.6 Å². The molecular formula is C21H28N2O3S. The van der Waals surface area contributed by atoms with Gasteiger partial charge in [0, 0.05) is 26.1 Å². The van der Waals surface area contributed by atoms with E-state index >= 15 is 0 Å². The number of carbonyl (C=O) groups is 2. The van der Waals surface area contributed by atoms with Gasteiger partial charge >= 0.3 is 0 Å². The molecule has 0 radical (unpaired) electrons. The van der Waals surface area contributed by atoms with Gasteiger partial charge in [-0.25, -0.2) is 0 Å². The van der Waals surface area contributed by atoms with Gasteiger partial charge < -0.3 is 15.0 Å². The van der Waals surface area contributed by atoms with Crippen LogP contribution in [-0.4, -0.2) is 49.1 Å². The van der Waals surface area contributed by atoms with Crippen molar-refractivity contribution in [1.29, 1.82) is 0 Å². The Kier molecular flexibility index (Phi) is 5.64. The summed E-state index contributed by atoms with van der Waals surface area (Å²) in [5.74, 6) is 1.45. The number of nitrogens with one attached hydrogen (secondary N) is 1. The number of nitrogens with zero attached hydrogens (tertiary/aromatic N) is 1. The minimum atomic E-state index is 0.0286. The molecule has 0 aromatic carbocycles. The number of allylic oxidation sites excluding steroid dienone is 2. The van der Waals surface area contributed by atoms with Crippen molar-refractivity contribution in [3.05, 3.63) is 34.5 Å². The average Bonchev–Trinajstić information content (AvgIpc) is 3.41. The Morgan fingerprint density at radius 1 is 1.22 bits per heavy atom. The van der Waals surface area contributed by atoms with E-state index in [0.29, 0.717) is 24.2 Å². The number of hydrogen-bond donors (Lipinski definition) is 1. The third-order valence-corrected chi connectivity index (χ3v) is 7.11. The van der Waals surface area contributed by atoms with Crippen molar-refractivity contribution in [1.82, 2.24) is 10.2 Å². The van der Waals surface area contributed by atoms with Crippen molar-refractivity contribution in [2.45, 2.75) is 44.2 Å². The first-order valence-corrected chi connectivity index (χ1v) is 10.9. The first-order valence-electron chi connectivity index (χ1n) is 9.91. The highest BCUT2D eigenvalue weighted by Crippen LogP contribution is 2.38. The van der Waals surface area contributed by atoms with Gasteiger partial charge in [0.2, 0.25) is 11.8 Å². The summed E-state index contributed by atoms with van der Waals surface area (Å²) in [5.41, 5.74) is 1.06. The minimum Gasteiger partial charge on any atom is -0.379 e. The molecule has 0 unspecified atom stereocenters. The van der Waals surface area contributed by atoms with Gasteiger partial charge in [-0.15, -0.1) is 0 Å². The molecule has 0 spiro atoms. The maximum atomic E-state index is 12.8. The SMILES string of the molecule is CO[C@H]1C[C@@H]2CN(C(=O)C3CC=CC3)C[C@@H]2C[C@@H]1NC(=O)Cc1ccsc1. The van der Waals surface area contributed by atoms with Crippen molar-refractivity contribution >= 4 is 23.2 Å². The van der Waals surface area contributed by atoms with Crippen LogP contribution in [0.5, 0.6) is 0 Å². The molecule has 1 aromatic heterocycles. The van der Waals surface area contributed by atoms with Gasteiger partial charge in [-0.2, -0.15) is 11.3 Å². The summed E-state index contributed by atoms with van der Waals surface area (Å²) >= 11 is 1.61. The Morgan fingerprint density at radius 2 is 1.96 bits per heavy atom. The number of carbonyl (C=O) groups excluding carboxylic acids is 2. The van der Waals surface area contributed by atoms with E-state index in [9.17, 15) is 9.59 Å². The number of likely N-dealkylation sites (tertiary alicyclic amines) is 1. The summed E-state index contributed by atoms with van der Waals surface area (Å²) in [7, 11) is 1.73. The zero-order chi connectivity index (χ0) is 18.8. The molecule has 1 saturated carbocycles. The summed E-state index contributed by atoms with van der Waals surface area (Å²) in [6.07, 6.45) is 8.25. The third kappa shape index (κ3) is 4.11. The monoisotopic (exact) mass is 388 g/mol. The normalized spacial score (nSPS) is 30.5. The second-order valence-corrected chi connectivity index (χ2v) is 8.91. The lowest BCUT2D eigenvalue weighted by Crippen LogP contribution is -2.50. The van der Waals surface area contributed by atoms with Crippen LogP contribution >= 0.6 is 11.3 Å². The van der Waals surface area contributed by atoms with Gasteiger partial charge in [0.1, 0.15) is 0 Å². The smallest absolute Gasteiger partial charge is 0.226 e. The molecule has 1 aromatic rings. The Balaban J connectivity index is 1.35. The number of hydrogen-bond acceptors (Lipinski definition) is 4. The molecule has 3 aliphatic rings. The predicted molar refractivity (Wildman–Crippen MR) is 105 cm³/mol. The van der Waals surface area contributed by atoms with E-state index in [2.05, 4.69) is 22.4 Å². The van der Waals surface area contributed by atoms with Crippen LogP contribution in [0.4, 0.5) is 0 Å². The number of thiophene rings is 1. The molecule has 2 fully saturated rings. The molecule has 5 nitrogen and oxygen atoms in total. The van der Waals surface area contributed by atoms with E-state index in [-0.39, 0.29) is 24.0 Å². The zero-order valence-corrected chi connectivity index (χ0v) is 16.6. The summed E-state index contributed by atoms with van der Waals surface area (Å²) in [5, 5.41) is 7.21. The van der Waals surface area contributed by atoms with E-state index in [1.54, 1.807) is 18.4 Å². The molecule has 4 atom stereocenters. The molecule has 146 valence electrons. The third-order valence-electron chi connectivity index (χ3n) is 6.38. The van der Waals surface area contributed by atoms with E-state index in [1.807, 2.05) is 16.8 Å². The molecule has 6 heteroatoms. The number of rotatable bonds is 5. The molecule has 4 rings (SSSR count). The fourth-order valence-corrected chi connectivity index (χ4v) is 5.59. The van der Waals surface area contributed by atoms with E-state index < -0.39 is 0 Å². The van der Waals surface area contributed by atoms with Crippen molar-refractivity contribution in [3.8, 4) is 0 Å². The van der Waals surface area contributed by atoms with Gasteiger partial charge in [0.25, 0.3) is 0 Å². The lowest BCUT2D eigenvalue weighted by molar-refractivity contribution is -0.134. The molecule has 0 bridgehead atoms. The van der Waals surface area contributed by atoms with E-state index in [4.69, 9.17) is 4.74 Å². The van der Waals surface area contributed by atoms with Crippen LogP contribution in [0.1, 0.15) is 31.2 Å². The van der Waals surface area contributed by atoms with Gasteiger partial charge in [-0.1, -0.05) is 12.2 Å². The van der Waals surface area contributed by atoms with Gasteiger partial charge in [0.15, 0.2) is 0 Å². The minimum absolute atomic E-state index is 0.0286. The van der Waals surface area contributed by atoms with Gasteiger partial charge in [-0.05, 0) is 59.9 Å². The molecule has 1 N–H and O–H groups in total. The highest BCUT2D eigenvalue weighted by atomic mass is 32.1. The predicted octanol–water partition coefficient (Wildman–Crippen LogP) is 2.63. The van der Waals surface area contributed by atoms with Gasteiger partial charge in [-0.3, -0.25) is 9.59 Å². The highest BCUT2D eigenvalue weighted by Gasteiger charge is 2.44. The van der Waals surface area contributed by atoms with Crippen LogP contribution in [0.15, 0.2) is 29.0 Å². The van der Waals surface area contributed by atoms with Crippen LogP contribution in [-0.2, 0) is 20.7 Å². The summed E-state index contributed by atoms with van der Waals surface area (Å²) in [6.45, 7) is 1.67. The quantitative estimate of drug-likeness (QED) is 0.789. The van der Waals surface area contributed by atoms with Crippen molar-refractivity contribution in [2.75, 3.05) is 20.2 Å². The second-order valence-electron chi connectivity index (χ2n) is 8.13. The maximum absolute atomic E-state index is 12.8. The van der Waals surface area contributed by atoms with Crippen LogP contribution in [0.3, 0.4) is 0 Å². The lowest BCUT2D eigenvalue weighted by Gasteiger charge is -2.37. The van der Waals surface area contributed by atoms with Crippen LogP contribution in [0.25, 0.3) is 0 Å². The summed E-state index contributed by atoms with van der Waals surface area (Å²) in [6, 6.07) is 2.03. The van der Waals surface area contributed by atoms with Crippen LogP contribution in [0, 0.1) is 17.8 Å². The van der Waals surface area contributed by atoms with Crippen LogP contribution < -0.4 is 5.32 Å². The summed E-state index contributed by atoms with van der Waals surface area (Å²) < 4.78 is 5.72. The summed E-state index contributed by atoms with van der Waals surface area (Å²) in [4.78, 5) is 27.3. The standard InChI is InChI=1S/C21H28N2O3S/c1-26-19-10-17-12-23(21(25)15-4-2-3-5-15)11-16(17)9-18(19)22-20(24)8-14-6-7-27-13-14/h2-3,6-7,13,15-19H,4-5,8-12H2,1H3,(H,22,24)/t16-,17+,18-,19-/m0/s1. The van der Waals surface area contributed by atoms with Crippen LogP contribution in [0.2, 0.25) is 0 Å². The largest absolute Gasteiger partial charge is 0.379 e. The number of methoxy groups -OCH3 is 1. The molecule has 1 saturated heterocycles.